The van der Waals surface area contributed by atoms with Crippen LogP contribution in [0.5, 0.6) is 11.8 Å². The number of fused-ring (bicyclic) bond motifs is 1. The molecule has 2 heterocycles. The molecule has 3 rings (SSSR count). The van der Waals surface area contributed by atoms with E-state index in [-0.39, 0.29) is 16.8 Å². The van der Waals surface area contributed by atoms with Gasteiger partial charge in [-0.1, -0.05) is 12.1 Å². The Morgan fingerprint density at radius 1 is 1.05 bits per heavy atom. The Balaban J connectivity index is 2.25. The third-order valence-electron chi connectivity index (χ3n) is 3.02. The fraction of sp³-hybridized carbons (Fsp3) is 0.133. The maximum Gasteiger partial charge on any atom is 0.220 e. The summed E-state index contributed by atoms with van der Waals surface area (Å²) in [6.45, 7) is 0. The molecule has 6 heteroatoms. The van der Waals surface area contributed by atoms with Gasteiger partial charge in [-0.05, 0) is 12.1 Å². The molecule has 0 saturated carbocycles. The molecular weight excluding hydrogens is 272 g/mol. The van der Waals surface area contributed by atoms with E-state index in [4.69, 9.17) is 13.9 Å². The normalized spacial score (nSPS) is 10.6. The number of para-hydroxylation sites is 1. The van der Waals surface area contributed by atoms with Crippen molar-refractivity contribution in [3.05, 3.63) is 46.8 Å². The molecule has 0 saturated heterocycles. The van der Waals surface area contributed by atoms with Crippen LogP contribution in [0, 0.1) is 0 Å². The predicted molar refractivity (Wildman–Crippen MR) is 76.6 cm³/mol. The number of nitrogens with zero attached hydrogens (tertiary/aromatic N) is 2. The van der Waals surface area contributed by atoms with Gasteiger partial charge in [0, 0.05) is 0 Å². The highest BCUT2D eigenvalue weighted by molar-refractivity contribution is 5.80. The zero-order valence-corrected chi connectivity index (χ0v) is 11.5. The van der Waals surface area contributed by atoms with Crippen LogP contribution in [0.3, 0.4) is 0 Å². The first-order valence-corrected chi connectivity index (χ1v) is 6.21. The van der Waals surface area contributed by atoms with Crippen LogP contribution < -0.4 is 14.9 Å². The van der Waals surface area contributed by atoms with Crippen LogP contribution in [0.2, 0.25) is 0 Å². The number of aromatic nitrogens is 2. The van der Waals surface area contributed by atoms with E-state index in [1.807, 2.05) is 0 Å². The zero-order chi connectivity index (χ0) is 14.8. The van der Waals surface area contributed by atoms with Gasteiger partial charge in [-0.15, -0.1) is 0 Å². The van der Waals surface area contributed by atoms with E-state index in [0.29, 0.717) is 22.7 Å². The van der Waals surface area contributed by atoms with Crippen LogP contribution in [0.25, 0.3) is 22.4 Å². The van der Waals surface area contributed by atoms with E-state index in [1.165, 1.54) is 26.5 Å². The minimum absolute atomic E-state index is 0.200. The van der Waals surface area contributed by atoms with Gasteiger partial charge in [-0.2, -0.15) is 9.97 Å². The zero-order valence-electron chi connectivity index (χ0n) is 11.5. The predicted octanol–water partition coefficient (Wildman–Crippen LogP) is 2.27. The summed E-state index contributed by atoms with van der Waals surface area (Å²) in [4.78, 5) is 20.8. The Bertz CT molecular complexity index is 835. The van der Waals surface area contributed by atoms with E-state index in [9.17, 15) is 4.79 Å². The molecule has 0 aliphatic rings. The van der Waals surface area contributed by atoms with Gasteiger partial charge < -0.3 is 13.9 Å². The first kappa shape index (κ1) is 13.1. The Morgan fingerprint density at radius 2 is 1.71 bits per heavy atom. The van der Waals surface area contributed by atoms with Gasteiger partial charge in [0.25, 0.3) is 0 Å². The lowest BCUT2D eigenvalue weighted by Crippen LogP contribution is -2.08. The summed E-state index contributed by atoms with van der Waals surface area (Å²) in [7, 11) is 2.96. The molecule has 6 nitrogen and oxygen atoms in total. The molecule has 1 aromatic carbocycles. The van der Waals surface area contributed by atoms with Gasteiger partial charge in [-0.25, -0.2) is 0 Å². The molecule has 0 spiro atoms. The van der Waals surface area contributed by atoms with Crippen LogP contribution in [0.4, 0.5) is 0 Å². The standard InChI is InChI=1S/C15H12N2O4/c1-19-12-7-13(20-2)17-15(16-12)10-8-21-11-6-4-3-5-9(11)14(10)18/h3-8H,1-2H3. The molecule has 0 unspecified atom stereocenters. The summed E-state index contributed by atoms with van der Waals surface area (Å²) in [5.74, 6) is 0.819. The second-order valence-corrected chi connectivity index (χ2v) is 4.25. The van der Waals surface area contributed by atoms with Crippen LogP contribution in [0.15, 0.2) is 45.8 Å². The minimum atomic E-state index is -0.202. The molecule has 0 atom stereocenters. The van der Waals surface area contributed by atoms with E-state index in [1.54, 1.807) is 24.3 Å². The number of hydrogen-bond donors (Lipinski definition) is 0. The largest absolute Gasteiger partial charge is 0.481 e. The summed E-state index contributed by atoms with van der Waals surface area (Å²) in [6.07, 6.45) is 1.35. The second-order valence-electron chi connectivity index (χ2n) is 4.25. The number of benzene rings is 1. The quantitative estimate of drug-likeness (QED) is 0.734. The van der Waals surface area contributed by atoms with Crippen molar-refractivity contribution in [3.8, 4) is 23.1 Å². The monoisotopic (exact) mass is 284 g/mol. The molecule has 0 bridgehead atoms. The van der Waals surface area contributed by atoms with Crippen molar-refractivity contribution in [2.75, 3.05) is 14.2 Å². The molecule has 0 radical (unpaired) electrons. The van der Waals surface area contributed by atoms with Crippen molar-refractivity contribution in [2.45, 2.75) is 0 Å². The summed E-state index contributed by atoms with van der Waals surface area (Å²) in [5.41, 5.74) is 0.569. The van der Waals surface area contributed by atoms with Crippen molar-refractivity contribution >= 4 is 11.0 Å². The third-order valence-corrected chi connectivity index (χ3v) is 3.02. The summed E-state index contributed by atoms with van der Waals surface area (Å²) in [6, 6.07) is 8.54. The van der Waals surface area contributed by atoms with Crippen molar-refractivity contribution < 1.29 is 13.9 Å². The van der Waals surface area contributed by atoms with Crippen LogP contribution >= 0.6 is 0 Å². The molecule has 2 aromatic heterocycles. The van der Waals surface area contributed by atoms with E-state index >= 15 is 0 Å². The maximum atomic E-state index is 12.5. The van der Waals surface area contributed by atoms with Gasteiger partial charge >= 0.3 is 0 Å². The lowest BCUT2D eigenvalue weighted by atomic mass is 10.1. The van der Waals surface area contributed by atoms with Gasteiger partial charge in [0.1, 0.15) is 17.4 Å². The summed E-state index contributed by atoms with van der Waals surface area (Å²) < 4.78 is 15.6. The van der Waals surface area contributed by atoms with Gasteiger partial charge in [0.2, 0.25) is 17.2 Å². The highest BCUT2D eigenvalue weighted by Crippen LogP contribution is 2.22. The smallest absolute Gasteiger partial charge is 0.220 e. The highest BCUT2D eigenvalue weighted by atomic mass is 16.5. The fourth-order valence-electron chi connectivity index (χ4n) is 1.97. The molecule has 21 heavy (non-hydrogen) atoms. The van der Waals surface area contributed by atoms with Crippen molar-refractivity contribution in [2.24, 2.45) is 0 Å². The van der Waals surface area contributed by atoms with Crippen LogP contribution in [-0.4, -0.2) is 24.2 Å². The molecule has 0 aliphatic heterocycles. The van der Waals surface area contributed by atoms with Gasteiger partial charge in [-0.3, -0.25) is 4.79 Å². The van der Waals surface area contributed by atoms with Crippen molar-refractivity contribution in [3.63, 3.8) is 0 Å². The Hall–Kier alpha value is -2.89. The average molecular weight is 284 g/mol. The Morgan fingerprint density at radius 3 is 2.38 bits per heavy atom. The second kappa shape index (κ2) is 5.24. The lowest BCUT2D eigenvalue weighted by Gasteiger charge is -2.06. The first-order valence-electron chi connectivity index (χ1n) is 6.21. The molecule has 0 aliphatic carbocycles. The molecule has 0 amide bonds. The number of ether oxygens (including phenoxy) is 2. The molecule has 3 aromatic rings. The Kier molecular flexibility index (Phi) is 3.27. The third kappa shape index (κ3) is 2.31. The highest BCUT2D eigenvalue weighted by Gasteiger charge is 2.14. The number of rotatable bonds is 3. The lowest BCUT2D eigenvalue weighted by molar-refractivity contribution is 0.372. The van der Waals surface area contributed by atoms with Gasteiger partial charge in [0.05, 0.1) is 25.7 Å². The average Bonchev–Trinajstić information content (AvgIpc) is 2.55. The van der Waals surface area contributed by atoms with Crippen molar-refractivity contribution in [1.29, 1.82) is 0 Å². The van der Waals surface area contributed by atoms with E-state index in [2.05, 4.69) is 9.97 Å². The SMILES string of the molecule is COc1cc(OC)nc(-c2coc3ccccc3c2=O)n1. The van der Waals surface area contributed by atoms with E-state index in [0.717, 1.165) is 0 Å². The minimum Gasteiger partial charge on any atom is -0.481 e. The summed E-state index contributed by atoms with van der Waals surface area (Å²) in [5, 5.41) is 0.473. The van der Waals surface area contributed by atoms with Gasteiger partial charge in [0.15, 0.2) is 5.82 Å². The fourth-order valence-corrected chi connectivity index (χ4v) is 1.97. The van der Waals surface area contributed by atoms with Crippen LogP contribution in [0.1, 0.15) is 0 Å². The first-order chi connectivity index (χ1) is 10.2. The molecular formula is C15H12N2O4. The van der Waals surface area contributed by atoms with Crippen molar-refractivity contribution in [1.82, 2.24) is 9.97 Å². The van der Waals surface area contributed by atoms with Crippen LogP contribution in [-0.2, 0) is 0 Å². The number of methoxy groups -OCH3 is 2. The Labute approximate surface area is 120 Å². The summed E-state index contributed by atoms with van der Waals surface area (Å²) >= 11 is 0. The molecule has 106 valence electrons. The maximum absolute atomic E-state index is 12.5. The number of hydrogen-bond acceptors (Lipinski definition) is 6. The molecule has 0 N–H and O–H groups in total. The topological polar surface area (TPSA) is 74.5 Å². The molecule has 0 fully saturated rings. The van der Waals surface area contributed by atoms with E-state index < -0.39 is 0 Å².